The molecule has 3 aromatic rings. The van der Waals surface area contributed by atoms with E-state index in [1.807, 2.05) is 0 Å². The molecule has 0 aliphatic rings. The van der Waals surface area contributed by atoms with Gasteiger partial charge in [0.2, 0.25) is 0 Å². The second kappa shape index (κ2) is 5.73. The second-order valence-corrected chi connectivity index (χ2v) is 6.88. The lowest BCUT2D eigenvalue weighted by atomic mass is 10.2. The minimum Gasteiger partial charge on any atom is -0.302 e. The molecule has 0 spiro atoms. The van der Waals surface area contributed by atoms with Crippen LogP contribution in [0.4, 0.5) is 0 Å². The van der Waals surface area contributed by atoms with Crippen molar-refractivity contribution in [1.82, 2.24) is 20.2 Å². The molecule has 0 saturated heterocycles. The average Bonchev–Trinajstić information content (AvgIpc) is 2.55. The van der Waals surface area contributed by atoms with Crippen molar-refractivity contribution < 1.29 is 8.42 Å². The largest absolute Gasteiger partial charge is 0.302 e. The number of nitrogens with one attached hydrogen (secondary N) is 1. The predicted octanol–water partition coefficient (Wildman–Crippen LogP) is 1.30. The fourth-order valence-electron chi connectivity index (χ4n) is 2.00. The Morgan fingerprint density at radius 3 is 2.30 bits per heavy atom. The third kappa shape index (κ3) is 3.16. The van der Waals surface area contributed by atoms with Gasteiger partial charge in [-0.2, -0.15) is 0 Å². The highest BCUT2D eigenvalue weighted by atomic mass is 32.2. The summed E-state index contributed by atoms with van der Waals surface area (Å²) in [6.07, 6.45) is 2.71. The maximum absolute atomic E-state index is 12.2. The van der Waals surface area contributed by atoms with E-state index in [1.165, 1.54) is 24.3 Å². The summed E-state index contributed by atoms with van der Waals surface area (Å²) in [5.74, 6) is 0.270. The van der Waals surface area contributed by atoms with Crippen molar-refractivity contribution in [3.8, 4) is 22.8 Å². The molecule has 0 aliphatic heterocycles. The van der Waals surface area contributed by atoms with E-state index in [4.69, 9.17) is 0 Å². The molecule has 7 nitrogen and oxygen atoms in total. The van der Waals surface area contributed by atoms with Crippen molar-refractivity contribution in [2.45, 2.75) is 4.90 Å². The highest BCUT2D eigenvalue weighted by Gasteiger charge is 2.11. The van der Waals surface area contributed by atoms with Gasteiger partial charge in [0.1, 0.15) is 5.69 Å². The Labute approximate surface area is 132 Å². The molecule has 1 aromatic carbocycles. The molecule has 2 heterocycles. The molecule has 0 unspecified atom stereocenters. The van der Waals surface area contributed by atoms with Gasteiger partial charge in [0.15, 0.2) is 21.4 Å². The normalized spacial score (nSPS) is 11.3. The average molecular weight is 328 g/mol. The van der Waals surface area contributed by atoms with E-state index >= 15 is 0 Å². The van der Waals surface area contributed by atoms with Crippen LogP contribution in [0.3, 0.4) is 0 Å². The molecule has 3 rings (SSSR count). The van der Waals surface area contributed by atoms with Gasteiger partial charge in [-0.15, -0.1) is 10.2 Å². The number of aromatic nitrogens is 4. The number of hydrogen-bond donors (Lipinski definition) is 1. The number of aromatic amines is 1. The number of rotatable bonds is 3. The Balaban J connectivity index is 2.00. The third-order valence-corrected chi connectivity index (χ3v) is 4.29. The van der Waals surface area contributed by atoms with Gasteiger partial charge in [0, 0.05) is 18.0 Å². The molecular weight excluding hydrogens is 316 g/mol. The van der Waals surface area contributed by atoms with E-state index < -0.39 is 15.4 Å². The maximum atomic E-state index is 12.2. The molecule has 0 bridgehead atoms. The summed E-state index contributed by atoms with van der Waals surface area (Å²) in [6, 6.07) is 11.1. The molecule has 116 valence electrons. The van der Waals surface area contributed by atoms with Crippen molar-refractivity contribution in [1.29, 1.82) is 0 Å². The number of pyridine rings is 1. The minimum atomic E-state index is -3.28. The highest BCUT2D eigenvalue weighted by Crippen LogP contribution is 2.17. The van der Waals surface area contributed by atoms with Gasteiger partial charge in [-0.3, -0.25) is 9.78 Å². The molecule has 0 radical (unpaired) electrons. The third-order valence-electron chi connectivity index (χ3n) is 3.16. The SMILES string of the molecule is CS(=O)(=O)c1ccc(-c2nnc(-c3ccccn3)[nH]c2=O)cc1. The van der Waals surface area contributed by atoms with E-state index in [0.717, 1.165) is 6.26 Å². The Morgan fingerprint density at radius 2 is 1.74 bits per heavy atom. The number of benzene rings is 1. The van der Waals surface area contributed by atoms with Crippen LogP contribution >= 0.6 is 0 Å². The van der Waals surface area contributed by atoms with E-state index in [9.17, 15) is 13.2 Å². The van der Waals surface area contributed by atoms with Crippen LogP contribution in [0.1, 0.15) is 0 Å². The van der Waals surface area contributed by atoms with E-state index in [1.54, 1.807) is 24.4 Å². The Bertz CT molecular complexity index is 997. The number of sulfone groups is 1. The van der Waals surface area contributed by atoms with Crippen LogP contribution in [0.25, 0.3) is 22.8 Å². The molecule has 23 heavy (non-hydrogen) atoms. The smallest absolute Gasteiger partial charge is 0.278 e. The summed E-state index contributed by atoms with van der Waals surface area (Å²) in [5, 5.41) is 7.90. The van der Waals surface area contributed by atoms with Crippen molar-refractivity contribution >= 4 is 9.84 Å². The van der Waals surface area contributed by atoms with E-state index in [-0.39, 0.29) is 16.4 Å². The molecule has 8 heteroatoms. The summed E-state index contributed by atoms with van der Waals surface area (Å²) in [5.41, 5.74) is 0.687. The molecule has 0 amide bonds. The van der Waals surface area contributed by atoms with E-state index in [2.05, 4.69) is 20.2 Å². The van der Waals surface area contributed by atoms with Gasteiger partial charge < -0.3 is 4.98 Å². The number of H-pyrrole nitrogens is 1. The van der Waals surface area contributed by atoms with Gasteiger partial charge in [0.25, 0.3) is 5.56 Å². The number of nitrogens with zero attached hydrogens (tertiary/aromatic N) is 3. The van der Waals surface area contributed by atoms with Crippen LogP contribution in [0.2, 0.25) is 0 Å². The summed E-state index contributed by atoms with van der Waals surface area (Å²) in [7, 11) is -3.28. The molecular formula is C15H12N4O3S. The predicted molar refractivity (Wildman–Crippen MR) is 84.4 cm³/mol. The van der Waals surface area contributed by atoms with Crippen LogP contribution in [-0.4, -0.2) is 34.8 Å². The van der Waals surface area contributed by atoms with Crippen molar-refractivity contribution in [2.24, 2.45) is 0 Å². The lowest BCUT2D eigenvalue weighted by Crippen LogP contribution is -2.14. The van der Waals surface area contributed by atoms with Gasteiger partial charge in [0.05, 0.1) is 4.90 Å². The maximum Gasteiger partial charge on any atom is 0.278 e. The first-order valence-corrected chi connectivity index (χ1v) is 8.53. The molecule has 0 atom stereocenters. The standard InChI is InChI=1S/C15H12N4O3S/c1-23(21,22)11-7-5-10(6-8-11)13-15(20)17-14(19-18-13)12-4-2-3-9-16-12/h2-9H,1H3,(H,17,19,20). The lowest BCUT2D eigenvalue weighted by molar-refractivity contribution is 0.602. The quantitative estimate of drug-likeness (QED) is 0.777. The van der Waals surface area contributed by atoms with Crippen LogP contribution in [-0.2, 0) is 9.84 Å². The van der Waals surface area contributed by atoms with Crippen molar-refractivity contribution in [3.63, 3.8) is 0 Å². The monoisotopic (exact) mass is 328 g/mol. The molecule has 0 saturated carbocycles. The van der Waals surface area contributed by atoms with Gasteiger partial charge in [-0.1, -0.05) is 18.2 Å². The molecule has 0 aliphatic carbocycles. The topological polar surface area (TPSA) is 106 Å². The summed E-state index contributed by atoms with van der Waals surface area (Å²) in [6.45, 7) is 0. The van der Waals surface area contributed by atoms with Crippen LogP contribution in [0.5, 0.6) is 0 Å². The highest BCUT2D eigenvalue weighted by molar-refractivity contribution is 7.90. The summed E-state index contributed by atoms with van der Waals surface area (Å²) in [4.78, 5) is 19.1. The number of hydrogen-bond acceptors (Lipinski definition) is 6. The van der Waals surface area contributed by atoms with Crippen molar-refractivity contribution in [2.75, 3.05) is 6.26 Å². The van der Waals surface area contributed by atoms with Gasteiger partial charge in [-0.05, 0) is 24.3 Å². The van der Waals surface area contributed by atoms with Crippen molar-refractivity contribution in [3.05, 3.63) is 59.0 Å². The van der Waals surface area contributed by atoms with Crippen LogP contribution in [0.15, 0.2) is 58.4 Å². The van der Waals surface area contributed by atoms with Gasteiger partial charge >= 0.3 is 0 Å². The Kier molecular flexibility index (Phi) is 3.75. The first-order valence-electron chi connectivity index (χ1n) is 6.64. The van der Waals surface area contributed by atoms with Gasteiger partial charge in [-0.25, -0.2) is 8.42 Å². The fourth-order valence-corrected chi connectivity index (χ4v) is 2.63. The minimum absolute atomic E-state index is 0.115. The molecule has 2 aromatic heterocycles. The molecule has 0 fully saturated rings. The molecule has 1 N–H and O–H groups in total. The zero-order valence-corrected chi connectivity index (χ0v) is 12.9. The van der Waals surface area contributed by atoms with Crippen LogP contribution in [0, 0.1) is 0 Å². The zero-order valence-electron chi connectivity index (χ0n) is 12.1. The second-order valence-electron chi connectivity index (χ2n) is 4.86. The Hall–Kier alpha value is -2.87. The lowest BCUT2D eigenvalue weighted by Gasteiger charge is -2.03. The fraction of sp³-hybridized carbons (Fsp3) is 0.0667. The first kappa shape index (κ1) is 15.0. The van der Waals surface area contributed by atoms with Crippen LogP contribution < -0.4 is 5.56 Å². The first-order chi connectivity index (χ1) is 10.9. The van der Waals surface area contributed by atoms with E-state index in [0.29, 0.717) is 11.3 Å². The summed E-state index contributed by atoms with van der Waals surface area (Å²) < 4.78 is 22.9. The summed E-state index contributed by atoms with van der Waals surface area (Å²) >= 11 is 0. The Morgan fingerprint density at radius 1 is 1.00 bits per heavy atom. The zero-order chi connectivity index (χ0) is 16.4.